The number of rotatable bonds is 5. The van der Waals surface area contributed by atoms with E-state index in [0.717, 1.165) is 60.3 Å². The topological polar surface area (TPSA) is 66.8 Å². The summed E-state index contributed by atoms with van der Waals surface area (Å²) in [5.74, 6) is 0.124. The molecule has 0 spiro atoms. The second-order valence-corrected chi connectivity index (χ2v) is 7.53. The fourth-order valence-electron chi connectivity index (χ4n) is 4.01. The predicted octanol–water partition coefficient (Wildman–Crippen LogP) is 4.66. The van der Waals surface area contributed by atoms with Crippen LogP contribution in [0, 0.1) is 12.8 Å². The van der Waals surface area contributed by atoms with Crippen LogP contribution in [-0.2, 0) is 11.2 Å². The Balaban J connectivity index is 1.85. The van der Waals surface area contributed by atoms with Gasteiger partial charge in [0.2, 0.25) is 0 Å². The summed E-state index contributed by atoms with van der Waals surface area (Å²) in [7, 11) is 0. The molecular weight excluding hydrogens is 328 g/mol. The molecule has 1 fully saturated rings. The van der Waals surface area contributed by atoms with E-state index in [4.69, 9.17) is 4.74 Å². The van der Waals surface area contributed by atoms with Gasteiger partial charge in [0.1, 0.15) is 11.5 Å². The first kappa shape index (κ1) is 17.0. The van der Waals surface area contributed by atoms with Crippen molar-refractivity contribution in [1.29, 1.82) is 0 Å². The summed E-state index contributed by atoms with van der Waals surface area (Å²) in [6, 6.07) is 9.39. The van der Waals surface area contributed by atoms with Gasteiger partial charge in [-0.25, -0.2) is 0 Å². The largest absolute Gasteiger partial charge is 0.507 e. The first-order chi connectivity index (χ1) is 12.5. The smallest absolute Gasteiger partial charge is 0.311 e. The van der Waals surface area contributed by atoms with E-state index in [-0.39, 0.29) is 5.75 Å². The van der Waals surface area contributed by atoms with E-state index in [9.17, 15) is 15.0 Å². The second-order valence-electron chi connectivity index (χ2n) is 7.53. The van der Waals surface area contributed by atoms with Crippen molar-refractivity contribution in [3.05, 3.63) is 47.0 Å². The summed E-state index contributed by atoms with van der Waals surface area (Å²) in [5.41, 5.74) is 4.31. The predicted molar refractivity (Wildman–Crippen MR) is 99.8 cm³/mol. The van der Waals surface area contributed by atoms with Gasteiger partial charge in [0.15, 0.2) is 0 Å². The Labute approximate surface area is 153 Å². The highest BCUT2D eigenvalue weighted by Crippen LogP contribution is 2.45. The van der Waals surface area contributed by atoms with Crippen LogP contribution < -0.4 is 4.74 Å². The zero-order valence-corrected chi connectivity index (χ0v) is 15.0. The normalized spacial score (nSPS) is 17.3. The van der Waals surface area contributed by atoms with Crippen LogP contribution in [0.1, 0.15) is 48.3 Å². The monoisotopic (exact) mass is 352 g/mol. The molecule has 2 N–H and O–H groups in total. The summed E-state index contributed by atoms with van der Waals surface area (Å²) in [6.07, 6.45) is 4.76. The standard InChI is InChI=1S/C22H24O4/c1-13-4-8-18(23)21(20(13)17(22(24)25)11-14-5-6-14)16-7-9-19-15(12-16)3-2-10-26-19/h4,7-9,12,14,17,23H,2-3,5-6,10-11H2,1H3,(H,24,25). The molecule has 4 rings (SSSR count). The lowest BCUT2D eigenvalue weighted by Crippen LogP contribution is -2.15. The molecule has 0 amide bonds. The van der Waals surface area contributed by atoms with Crippen molar-refractivity contribution in [2.45, 2.75) is 44.9 Å². The number of ether oxygens (including phenoxy) is 1. The molecule has 0 bridgehead atoms. The Morgan fingerprint density at radius 1 is 1.27 bits per heavy atom. The van der Waals surface area contributed by atoms with Crippen LogP contribution in [0.3, 0.4) is 0 Å². The average molecular weight is 352 g/mol. The molecule has 4 nitrogen and oxygen atoms in total. The zero-order chi connectivity index (χ0) is 18.3. The van der Waals surface area contributed by atoms with Crippen molar-refractivity contribution in [2.75, 3.05) is 6.61 Å². The molecule has 2 aromatic rings. The van der Waals surface area contributed by atoms with E-state index in [1.807, 2.05) is 31.2 Å². The lowest BCUT2D eigenvalue weighted by Gasteiger charge is -2.23. The van der Waals surface area contributed by atoms with Crippen LogP contribution in [-0.4, -0.2) is 22.8 Å². The first-order valence-electron chi connectivity index (χ1n) is 9.36. The van der Waals surface area contributed by atoms with E-state index in [1.54, 1.807) is 6.07 Å². The van der Waals surface area contributed by atoms with Crippen molar-refractivity contribution in [3.8, 4) is 22.6 Å². The molecule has 26 heavy (non-hydrogen) atoms. The Hall–Kier alpha value is -2.49. The summed E-state index contributed by atoms with van der Waals surface area (Å²) in [4.78, 5) is 12.0. The SMILES string of the molecule is Cc1ccc(O)c(-c2ccc3c(c2)CCCO3)c1C(CC1CC1)C(=O)O. The van der Waals surface area contributed by atoms with E-state index in [2.05, 4.69) is 0 Å². The zero-order valence-electron chi connectivity index (χ0n) is 15.0. The quantitative estimate of drug-likeness (QED) is 0.821. The summed E-state index contributed by atoms with van der Waals surface area (Å²) in [5, 5.41) is 20.5. The Bertz CT molecular complexity index is 851. The summed E-state index contributed by atoms with van der Waals surface area (Å²) >= 11 is 0. The van der Waals surface area contributed by atoms with Crippen LogP contribution in [0.2, 0.25) is 0 Å². The number of aliphatic carboxylic acids is 1. The first-order valence-corrected chi connectivity index (χ1v) is 9.36. The number of carbonyl (C=O) groups is 1. The highest BCUT2D eigenvalue weighted by Gasteiger charge is 2.33. The second kappa shape index (κ2) is 6.67. The third-order valence-electron chi connectivity index (χ3n) is 5.55. The lowest BCUT2D eigenvalue weighted by atomic mass is 9.83. The van der Waals surface area contributed by atoms with Gasteiger partial charge in [-0.05, 0) is 72.6 Å². The number of carboxylic acids is 1. The molecule has 1 aliphatic carbocycles. The fraction of sp³-hybridized carbons (Fsp3) is 0.409. The van der Waals surface area contributed by atoms with E-state index >= 15 is 0 Å². The fourth-order valence-corrected chi connectivity index (χ4v) is 4.01. The van der Waals surface area contributed by atoms with Crippen LogP contribution in [0.4, 0.5) is 0 Å². The number of phenols is 1. The number of benzene rings is 2. The minimum Gasteiger partial charge on any atom is -0.507 e. The maximum atomic E-state index is 12.0. The Morgan fingerprint density at radius 2 is 2.08 bits per heavy atom. The average Bonchev–Trinajstić information content (AvgIpc) is 3.45. The summed E-state index contributed by atoms with van der Waals surface area (Å²) in [6.45, 7) is 2.67. The maximum Gasteiger partial charge on any atom is 0.311 e. The Kier molecular flexibility index (Phi) is 4.35. The number of fused-ring (bicyclic) bond motifs is 1. The van der Waals surface area contributed by atoms with Gasteiger partial charge in [-0.2, -0.15) is 0 Å². The lowest BCUT2D eigenvalue weighted by molar-refractivity contribution is -0.139. The number of carboxylic acid groups (broad SMARTS) is 1. The van der Waals surface area contributed by atoms with Gasteiger partial charge in [-0.15, -0.1) is 0 Å². The molecule has 0 saturated heterocycles. The molecule has 1 atom stereocenters. The van der Waals surface area contributed by atoms with Crippen LogP contribution in [0.15, 0.2) is 30.3 Å². The highest BCUT2D eigenvalue weighted by atomic mass is 16.5. The third-order valence-corrected chi connectivity index (χ3v) is 5.55. The molecule has 2 aliphatic rings. The van der Waals surface area contributed by atoms with E-state index in [0.29, 0.717) is 17.9 Å². The van der Waals surface area contributed by atoms with Crippen molar-refractivity contribution >= 4 is 5.97 Å². The van der Waals surface area contributed by atoms with Gasteiger partial charge in [-0.1, -0.05) is 25.0 Å². The molecule has 1 heterocycles. The number of phenolic OH excluding ortho intramolecular Hbond substituents is 1. The van der Waals surface area contributed by atoms with Crippen LogP contribution >= 0.6 is 0 Å². The minimum absolute atomic E-state index is 0.143. The van der Waals surface area contributed by atoms with E-state index < -0.39 is 11.9 Å². The van der Waals surface area contributed by atoms with Gasteiger partial charge in [0.25, 0.3) is 0 Å². The van der Waals surface area contributed by atoms with Crippen molar-refractivity contribution in [1.82, 2.24) is 0 Å². The van der Waals surface area contributed by atoms with Crippen LogP contribution in [0.5, 0.6) is 11.5 Å². The third kappa shape index (κ3) is 3.16. The Morgan fingerprint density at radius 3 is 2.81 bits per heavy atom. The molecule has 0 radical (unpaired) electrons. The molecule has 2 aromatic carbocycles. The molecule has 0 aromatic heterocycles. The van der Waals surface area contributed by atoms with Gasteiger partial charge in [0.05, 0.1) is 12.5 Å². The van der Waals surface area contributed by atoms with Gasteiger partial charge < -0.3 is 14.9 Å². The summed E-state index contributed by atoms with van der Waals surface area (Å²) < 4.78 is 5.69. The number of aryl methyl sites for hydroxylation is 2. The van der Waals surface area contributed by atoms with E-state index in [1.165, 1.54) is 0 Å². The molecular formula is C22H24O4. The van der Waals surface area contributed by atoms with Crippen molar-refractivity contribution < 1.29 is 19.7 Å². The molecule has 1 aliphatic heterocycles. The van der Waals surface area contributed by atoms with Gasteiger partial charge in [-0.3, -0.25) is 4.79 Å². The maximum absolute atomic E-state index is 12.0. The molecule has 4 heteroatoms. The molecule has 1 saturated carbocycles. The van der Waals surface area contributed by atoms with Gasteiger partial charge in [0, 0.05) is 5.56 Å². The van der Waals surface area contributed by atoms with Crippen LogP contribution in [0.25, 0.3) is 11.1 Å². The van der Waals surface area contributed by atoms with Gasteiger partial charge >= 0.3 is 5.97 Å². The number of hydrogen-bond acceptors (Lipinski definition) is 3. The molecule has 136 valence electrons. The molecule has 1 unspecified atom stereocenters. The number of hydrogen-bond donors (Lipinski definition) is 2. The van der Waals surface area contributed by atoms with Crippen molar-refractivity contribution in [2.24, 2.45) is 5.92 Å². The number of aromatic hydroxyl groups is 1. The van der Waals surface area contributed by atoms with Crippen molar-refractivity contribution in [3.63, 3.8) is 0 Å². The highest BCUT2D eigenvalue weighted by molar-refractivity contribution is 5.85. The minimum atomic E-state index is -0.812.